The van der Waals surface area contributed by atoms with Crippen LogP contribution in [0.15, 0.2) is 0 Å². The van der Waals surface area contributed by atoms with E-state index in [2.05, 4.69) is 23.1 Å². The fraction of sp³-hybridized carbons (Fsp3) is 0.905. The fourth-order valence-electron chi connectivity index (χ4n) is 6.04. The predicted molar refractivity (Wildman–Crippen MR) is 108 cm³/mol. The lowest BCUT2D eigenvalue weighted by Gasteiger charge is -2.46. The summed E-state index contributed by atoms with van der Waals surface area (Å²) < 4.78 is 5.33. The highest BCUT2D eigenvalue weighted by atomic mass is 16.5. The maximum Gasteiger partial charge on any atom is 0.241 e. The second-order valence-electron chi connectivity index (χ2n) is 10.1. The smallest absolute Gasteiger partial charge is 0.241 e. The highest BCUT2D eigenvalue weighted by molar-refractivity contribution is 5.84. The van der Waals surface area contributed by atoms with E-state index in [9.17, 15) is 9.59 Å². The Morgan fingerprint density at radius 3 is 2.62 bits per heavy atom. The van der Waals surface area contributed by atoms with Crippen molar-refractivity contribution in [2.45, 2.75) is 75.2 Å². The van der Waals surface area contributed by atoms with Gasteiger partial charge in [-0.1, -0.05) is 12.8 Å². The van der Waals surface area contributed by atoms with Gasteiger partial charge in [-0.15, -0.1) is 0 Å². The fourth-order valence-corrected chi connectivity index (χ4v) is 6.04. The third-order valence-corrected chi connectivity index (χ3v) is 8.22. The molecular formula is C21H35N5O3. The molecule has 162 valence electrons. The van der Waals surface area contributed by atoms with Crippen LogP contribution in [-0.2, 0) is 14.3 Å². The van der Waals surface area contributed by atoms with E-state index in [1.54, 1.807) is 0 Å². The molecule has 6 atom stereocenters. The molecule has 4 saturated heterocycles. The summed E-state index contributed by atoms with van der Waals surface area (Å²) >= 11 is 0. The zero-order valence-electron chi connectivity index (χ0n) is 17.7. The van der Waals surface area contributed by atoms with Crippen molar-refractivity contribution in [2.75, 3.05) is 33.4 Å². The molecule has 0 aromatic heterocycles. The maximum absolute atomic E-state index is 13.3. The topological polar surface area (TPSA) is 85.9 Å². The summed E-state index contributed by atoms with van der Waals surface area (Å²) in [6, 6.07) is 0.436. The molecule has 1 saturated carbocycles. The molecule has 0 spiro atoms. The van der Waals surface area contributed by atoms with Gasteiger partial charge in [0.2, 0.25) is 11.8 Å². The summed E-state index contributed by atoms with van der Waals surface area (Å²) in [6.45, 7) is 4.66. The third-order valence-electron chi connectivity index (χ3n) is 8.22. The first-order valence-corrected chi connectivity index (χ1v) is 11.4. The number of hydrazine groups is 1. The second-order valence-corrected chi connectivity index (χ2v) is 10.1. The molecule has 2 amide bonds. The van der Waals surface area contributed by atoms with E-state index in [1.165, 1.54) is 25.7 Å². The number of ether oxygens (including phenoxy) is 1. The number of amides is 2. The van der Waals surface area contributed by atoms with Crippen LogP contribution < -0.4 is 16.2 Å². The maximum atomic E-state index is 13.3. The summed E-state index contributed by atoms with van der Waals surface area (Å²) in [5.74, 6) is 1.10. The minimum atomic E-state index is -0.294. The minimum Gasteiger partial charge on any atom is -0.376 e. The van der Waals surface area contributed by atoms with Crippen LogP contribution in [0.2, 0.25) is 0 Å². The van der Waals surface area contributed by atoms with E-state index < -0.39 is 0 Å². The molecule has 4 heterocycles. The summed E-state index contributed by atoms with van der Waals surface area (Å²) in [5, 5.41) is 3.63. The molecule has 8 heteroatoms. The van der Waals surface area contributed by atoms with Gasteiger partial charge in [-0.05, 0) is 38.5 Å². The van der Waals surface area contributed by atoms with Crippen LogP contribution in [0.1, 0.15) is 45.4 Å². The van der Waals surface area contributed by atoms with Crippen molar-refractivity contribution in [2.24, 2.45) is 11.8 Å². The normalized spacial score (nSPS) is 40.7. The van der Waals surface area contributed by atoms with Gasteiger partial charge in [0.25, 0.3) is 0 Å². The lowest BCUT2D eigenvalue weighted by Crippen LogP contribution is -2.64. The molecular weight excluding hydrogens is 370 g/mol. The Balaban J connectivity index is 1.23. The van der Waals surface area contributed by atoms with Crippen LogP contribution in [0.5, 0.6) is 0 Å². The van der Waals surface area contributed by atoms with E-state index in [0.29, 0.717) is 31.7 Å². The van der Waals surface area contributed by atoms with E-state index in [0.717, 1.165) is 19.4 Å². The average molecular weight is 406 g/mol. The van der Waals surface area contributed by atoms with Gasteiger partial charge >= 0.3 is 0 Å². The van der Waals surface area contributed by atoms with Crippen LogP contribution in [0.3, 0.4) is 0 Å². The largest absolute Gasteiger partial charge is 0.376 e. The Kier molecular flexibility index (Phi) is 5.09. The number of carbonyl (C=O) groups excluding carboxylic acids is 2. The van der Waals surface area contributed by atoms with E-state index in [4.69, 9.17) is 4.74 Å². The number of hydrogen-bond donors (Lipinski definition) is 3. The number of rotatable bonds is 3. The predicted octanol–water partition coefficient (Wildman–Crippen LogP) is -0.152. The van der Waals surface area contributed by atoms with Gasteiger partial charge in [-0.25, -0.2) is 5.43 Å². The van der Waals surface area contributed by atoms with Gasteiger partial charge < -0.3 is 19.9 Å². The standard InChI is InChI=1S/C21H35N5O3/c1-21(11-29-12-21)25(2)20(28)18-14-10-26(8-7-16(14)23-24-18)19(27)17-9-13-5-3-4-6-15(13)22-17/h13-18,22-24H,3-12H2,1-2H3. The van der Waals surface area contributed by atoms with Crippen molar-refractivity contribution in [3.8, 4) is 0 Å². The first-order chi connectivity index (χ1) is 14.0. The van der Waals surface area contributed by atoms with Gasteiger partial charge in [0.05, 0.1) is 24.8 Å². The number of nitrogens with one attached hydrogen (secondary N) is 3. The summed E-state index contributed by atoms with van der Waals surface area (Å²) in [7, 11) is 1.87. The third kappa shape index (κ3) is 3.38. The van der Waals surface area contributed by atoms with Crippen LogP contribution >= 0.6 is 0 Å². The molecule has 6 unspecified atom stereocenters. The summed E-state index contributed by atoms with van der Waals surface area (Å²) in [6.07, 6.45) is 6.91. The van der Waals surface area contributed by atoms with Gasteiger partial charge in [0.15, 0.2) is 0 Å². The number of likely N-dealkylation sites (tertiary alicyclic amines) is 1. The molecule has 0 bridgehead atoms. The highest BCUT2D eigenvalue weighted by Crippen LogP contribution is 2.35. The molecule has 0 aromatic rings. The average Bonchev–Trinajstić information content (AvgIpc) is 3.33. The van der Waals surface area contributed by atoms with Crippen molar-refractivity contribution in [3.63, 3.8) is 0 Å². The molecule has 5 fully saturated rings. The number of fused-ring (bicyclic) bond motifs is 2. The number of hydrogen-bond acceptors (Lipinski definition) is 6. The van der Waals surface area contributed by atoms with Crippen molar-refractivity contribution in [1.29, 1.82) is 0 Å². The van der Waals surface area contributed by atoms with Gasteiger partial charge in [0, 0.05) is 38.1 Å². The number of nitrogens with zero attached hydrogens (tertiary/aromatic N) is 2. The minimum absolute atomic E-state index is 0.0372. The SMILES string of the molecule is CN(C(=O)C1NNC2CCN(C(=O)C3CC4CCCCC4N3)CC21)C1(C)COC1. The molecule has 4 aliphatic heterocycles. The van der Waals surface area contributed by atoms with Crippen LogP contribution in [-0.4, -0.2) is 84.7 Å². The monoisotopic (exact) mass is 405 g/mol. The van der Waals surface area contributed by atoms with E-state index in [-0.39, 0.29) is 41.4 Å². The molecule has 8 nitrogen and oxygen atoms in total. The van der Waals surface area contributed by atoms with Crippen molar-refractivity contribution < 1.29 is 14.3 Å². The van der Waals surface area contributed by atoms with Gasteiger partial charge in [-0.2, -0.15) is 0 Å². The molecule has 29 heavy (non-hydrogen) atoms. The van der Waals surface area contributed by atoms with Crippen LogP contribution in [0, 0.1) is 11.8 Å². The Morgan fingerprint density at radius 1 is 1.10 bits per heavy atom. The molecule has 3 N–H and O–H groups in total. The van der Waals surface area contributed by atoms with E-state index >= 15 is 0 Å². The quantitative estimate of drug-likeness (QED) is 0.606. The van der Waals surface area contributed by atoms with E-state index in [1.807, 2.05) is 16.8 Å². The Labute approximate surface area is 173 Å². The zero-order chi connectivity index (χ0) is 20.2. The van der Waals surface area contributed by atoms with Crippen molar-refractivity contribution in [3.05, 3.63) is 0 Å². The Hall–Kier alpha value is -1.22. The molecule has 0 radical (unpaired) electrons. The number of piperidine rings is 1. The molecule has 0 aromatic carbocycles. The lowest BCUT2D eigenvalue weighted by molar-refractivity contribution is -0.162. The molecule has 5 rings (SSSR count). The molecule has 1 aliphatic carbocycles. The molecule has 5 aliphatic rings. The summed E-state index contributed by atoms with van der Waals surface area (Å²) in [4.78, 5) is 30.3. The van der Waals surface area contributed by atoms with Crippen LogP contribution in [0.25, 0.3) is 0 Å². The van der Waals surface area contributed by atoms with Crippen molar-refractivity contribution in [1.82, 2.24) is 26.0 Å². The van der Waals surface area contributed by atoms with Gasteiger partial charge in [0.1, 0.15) is 6.04 Å². The zero-order valence-corrected chi connectivity index (χ0v) is 17.7. The first-order valence-electron chi connectivity index (χ1n) is 11.4. The summed E-state index contributed by atoms with van der Waals surface area (Å²) in [5.41, 5.74) is 6.34. The second kappa shape index (κ2) is 7.48. The first kappa shape index (κ1) is 19.7. The number of likely N-dealkylation sites (N-methyl/N-ethyl adjacent to an activating group) is 1. The van der Waals surface area contributed by atoms with Crippen molar-refractivity contribution >= 4 is 11.8 Å². The Bertz CT molecular complexity index is 655. The van der Waals surface area contributed by atoms with Gasteiger partial charge in [-0.3, -0.25) is 15.0 Å². The highest BCUT2D eigenvalue weighted by Gasteiger charge is 2.49. The Morgan fingerprint density at radius 2 is 1.90 bits per heavy atom. The number of carbonyl (C=O) groups is 2. The lowest BCUT2D eigenvalue weighted by atomic mass is 9.84. The van der Waals surface area contributed by atoms with Crippen LogP contribution in [0.4, 0.5) is 0 Å².